The van der Waals surface area contributed by atoms with Crippen molar-refractivity contribution >= 4 is 22.8 Å². The maximum absolute atomic E-state index is 15.3. The Morgan fingerprint density at radius 2 is 1.97 bits per heavy atom. The molecule has 7 nitrogen and oxygen atoms in total. The summed E-state index contributed by atoms with van der Waals surface area (Å²) < 4.78 is 44.5. The van der Waals surface area contributed by atoms with Gasteiger partial charge in [-0.25, -0.2) is 22.9 Å². The number of carboxylic acids is 1. The van der Waals surface area contributed by atoms with Crippen molar-refractivity contribution in [1.82, 2.24) is 14.9 Å². The Kier molecular flexibility index (Phi) is 5.40. The number of aromatic nitrogens is 2. The summed E-state index contributed by atoms with van der Waals surface area (Å²) in [7, 11) is 1.87. The van der Waals surface area contributed by atoms with E-state index >= 15 is 4.39 Å². The molecule has 2 N–H and O–H groups in total. The molecule has 0 bridgehead atoms. The summed E-state index contributed by atoms with van der Waals surface area (Å²) in [5, 5.41) is 12.4. The largest absolute Gasteiger partial charge is 0.477 e. The van der Waals surface area contributed by atoms with E-state index in [2.05, 4.69) is 22.5 Å². The van der Waals surface area contributed by atoms with Crippen LogP contribution in [0.25, 0.3) is 16.7 Å². The van der Waals surface area contributed by atoms with Gasteiger partial charge in [-0.05, 0) is 37.6 Å². The molecular weight excluding hydrogens is 449 g/mol. The second kappa shape index (κ2) is 8.28. The van der Waals surface area contributed by atoms with Gasteiger partial charge in [0, 0.05) is 37.3 Å². The van der Waals surface area contributed by atoms with E-state index < -0.39 is 34.4 Å². The standard InChI is InChI=1S/C24H21F3N4O3/c1-28-19-4-2-3-12-9-30(10-15(12)19)23-18(27)8-14-21(32)16(24(33)34)11-31(22(14)29-23)20-6-5-13(25)7-17(20)26/h2,4-8,11-12,15,19,28H,3,9-10H2,1H3,(H,33,34). The summed E-state index contributed by atoms with van der Waals surface area (Å²) in [4.78, 5) is 30.6. The average molecular weight is 470 g/mol. The highest BCUT2D eigenvalue weighted by Crippen LogP contribution is 2.36. The number of benzene rings is 1. The van der Waals surface area contributed by atoms with Crippen molar-refractivity contribution in [3.63, 3.8) is 0 Å². The zero-order valence-corrected chi connectivity index (χ0v) is 18.1. The third kappa shape index (κ3) is 3.54. The van der Waals surface area contributed by atoms with Gasteiger partial charge < -0.3 is 15.3 Å². The smallest absolute Gasteiger partial charge is 0.341 e. The third-order valence-corrected chi connectivity index (χ3v) is 6.68. The zero-order valence-electron chi connectivity index (χ0n) is 18.1. The molecule has 3 heterocycles. The van der Waals surface area contributed by atoms with E-state index in [0.29, 0.717) is 19.2 Å². The predicted octanol–water partition coefficient (Wildman–Crippen LogP) is 3.10. The summed E-state index contributed by atoms with van der Waals surface area (Å²) >= 11 is 0. The number of nitrogens with zero attached hydrogens (tertiary/aromatic N) is 3. The molecule has 10 heteroatoms. The van der Waals surface area contributed by atoms with Crippen molar-refractivity contribution in [1.29, 1.82) is 0 Å². The zero-order chi connectivity index (χ0) is 24.1. The minimum atomic E-state index is -1.55. The number of allylic oxidation sites excluding steroid dienone is 1. The molecule has 2 aliphatic rings. The van der Waals surface area contributed by atoms with Crippen LogP contribution in [0, 0.1) is 29.3 Å². The third-order valence-electron chi connectivity index (χ3n) is 6.68. The van der Waals surface area contributed by atoms with E-state index in [9.17, 15) is 23.5 Å². The number of fused-ring (bicyclic) bond motifs is 2. The van der Waals surface area contributed by atoms with Crippen molar-refractivity contribution in [3.8, 4) is 5.69 Å². The fourth-order valence-electron chi connectivity index (χ4n) is 5.03. The number of nitrogens with one attached hydrogen (secondary N) is 1. The van der Waals surface area contributed by atoms with Crippen LogP contribution in [0.15, 0.2) is 47.4 Å². The molecule has 1 fully saturated rings. The minimum Gasteiger partial charge on any atom is -0.477 e. The van der Waals surface area contributed by atoms with Crippen LogP contribution in [0.2, 0.25) is 0 Å². The Labute approximate surface area is 192 Å². The number of halogens is 3. The molecule has 1 saturated heterocycles. The van der Waals surface area contributed by atoms with Gasteiger partial charge in [0.05, 0.1) is 11.1 Å². The van der Waals surface area contributed by atoms with Gasteiger partial charge in [-0.3, -0.25) is 9.36 Å². The molecular formula is C24H21F3N4O3. The predicted molar refractivity (Wildman–Crippen MR) is 120 cm³/mol. The van der Waals surface area contributed by atoms with Gasteiger partial charge >= 0.3 is 5.97 Å². The molecule has 1 aromatic carbocycles. The number of likely N-dealkylation sites (N-methyl/N-ethyl adjacent to an activating group) is 1. The van der Waals surface area contributed by atoms with Crippen LogP contribution in [-0.2, 0) is 0 Å². The highest BCUT2D eigenvalue weighted by Gasteiger charge is 2.39. The highest BCUT2D eigenvalue weighted by atomic mass is 19.1. The second-order valence-corrected chi connectivity index (χ2v) is 8.61. The number of carboxylic acid groups (broad SMARTS) is 1. The van der Waals surface area contributed by atoms with Crippen LogP contribution in [0.5, 0.6) is 0 Å². The van der Waals surface area contributed by atoms with E-state index in [1.165, 1.54) is 0 Å². The Morgan fingerprint density at radius 3 is 2.68 bits per heavy atom. The van der Waals surface area contributed by atoms with E-state index in [1.807, 2.05) is 7.05 Å². The lowest BCUT2D eigenvalue weighted by Gasteiger charge is -2.28. The lowest BCUT2D eigenvalue weighted by atomic mass is 9.82. The molecule has 3 unspecified atom stereocenters. The first-order valence-electron chi connectivity index (χ1n) is 10.8. The van der Waals surface area contributed by atoms with Crippen LogP contribution in [0.4, 0.5) is 19.0 Å². The number of hydrogen-bond acceptors (Lipinski definition) is 5. The number of rotatable bonds is 4. The number of pyridine rings is 2. The molecule has 0 radical (unpaired) electrons. The molecule has 3 aromatic rings. The van der Waals surface area contributed by atoms with Crippen molar-refractivity contribution in [3.05, 3.63) is 75.9 Å². The van der Waals surface area contributed by atoms with Crippen LogP contribution < -0.4 is 15.6 Å². The first kappa shape index (κ1) is 22.1. The Balaban J connectivity index is 1.69. The second-order valence-electron chi connectivity index (χ2n) is 8.61. The van der Waals surface area contributed by atoms with Gasteiger partial charge in [0.2, 0.25) is 5.43 Å². The maximum Gasteiger partial charge on any atom is 0.341 e. The van der Waals surface area contributed by atoms with Gasteiger partial charge in [0.1, 0.15) is 17.2 Å². The summed E-state index contributed by atoms with van der Waals surface area (Å²) in [6.45, 7) is 1.07. The van der Waals surface area contributed by atoms with E-state index in [4.69, 9.17) is 0 Å². The topological polar surface area (TPSA) is 87.5 Å². The molecule has 1 aliphatic heterocycles. The van der Waals surface area contributed by atoms with Crippen LogP contribution in [-0.4, -0.2) is 46.8 Å². The molecule has 5 rings (SSSR count). The van der Waals surface area contributed by atoms with E-state index in [-0.39, 0.29) is 40.4 Å². The maximum atomic E-state index is 15.3. The van der Waals surface area contributed by atoms with Crippen molar-refractivity contribution in [2.45, 2.75) is 12.5 Å². The fourth-order valence-corrected chi connectivity index (χ4v) is 5.03. The van der Waals surface area contributed by atoms with Crippen molar-refractivity contribution < 1.29 is 23.1 Å². The molecule has 0 saturated carbocycles. The summed E-state index contributed by atoms with van der Waals surface area (Å²) in [6, 6.07) is 3.83. The minimum absolute atomic E-state index is 0.00417. The molecule has 176 valence electrons. The van der Waals surface area contributed by atoms with Gasteiger partial charge in [-0.15, -0.1) is 0 Å². The Bertz CT molecular complexity index is 1400. The van der Waals surface area contributed by atoms with Gasteiger partial charge in [0.15, 0.2) is 17.3 Å². The monoisotopic (exact) mass is 470 g/mol. The average Bonchev–Trinajstić information content (AvgIpc) is 3.24. The lowest BCUT2D eigenvalue weighted by Crippen LogP contribution is -2.38. The first-order chi connectivity index (χ1) is 16.3. The number of hydrogen-bond donors (Lipinski definition) is 2. The molecule has 34 heavy (non-hydrogen) atoms. The molecule has 0 spiro atoms. The van der Waals surface area contributed by atoms with Gasteiger partial charge in [0.25, 0.3) is 0 Å². The SMILES string of the molecule is CNC1C=CCC2CN(c3nc4c(cc3F)c(=O)c(C(=O)O)cn4-c3ccc(F)cc3F)CC21. The normalized spacial score (nSPS) is 21.8. The Morgan fingerprint density at radius 1 is 1.18 bits per heavy atom. The summed E-state index contributed by atoms with van der Waals surface area (Å²) in [6.07, 6.45) is 5.97. The number of carbonyl (C=O) groups is 1. The van der Waals surface area contributed by atoms with E-state index in [0.717, 1.165) is 35.4 Å². The van der Waals surface area contributed by atoms with Crippen molar-refractivity contribution in [2.24, 2.45) is 11.8 Å². The quantitative estimate of drug-likeness (QED) is 0.570. The molecule has 1 aliphatic carbocycles. The summed E-state index contributed by atoms with van der Waals surface area (Å²) in [5.74, 6) is -3.62. The summed E-state index contributed by atoms with van der Waals surface area (Å²) in [5.41, 5.74) is -1.95. The van der Waals surface area contributed by atoms with Gasteiger partial charge in [-0.2, -0.15) is 0 Å². The van der Waals surface area contributed by atoms with Crippen LogP contribution >= 0.6 is 0 Å². The van der Waals surface area contributed by atoms with E-state index in [1.54, 1.807) is 4.90 Å². The number of aromatic carboxylic acids is 1. The Hall–Kier alpha value is -3.66. The molecule has 2 aromatic heterocycles. The number of anilines is 1. The van der Waals surface area contributed by atoms with Crippen LogP contribution in [0.3, 0.4) is 0 Å². The molecule has 0 amide bonds. The van der Waals surface area contributed by atoms with Crippen molar-refractivity contribution in [2.75, 3.05) is 25.0 Å². The fraction of sp³-hybridized carbons (Fsp3) is 0.292. The highest BCUT2D eigenvalue weighted by molar-refractivity contribution is 5.92. The first-order valence-corrected chi connectivity index (χ1v) is 10.8. The lowest BCUT2D eigenvalue weighted by molar-refractivity contribution is 0.0695. The molecule has 3 atom stereocenters. The van der Waals surface area contributed by atoms with Gasteiger partial charge in [-0.1, -0.05) is 12.2 Å². The van der Waals surface area contributed by atoms with Crippen LogP contribution in [0.1, 0.15) is 16.8 Å².